The average Bonchev–Trinajstić information content (AvgIpc) is 2.38. The van der Waals surface area contributed by atoms with Gasteiger partial charge in [0.25, 0.3) is 0 Å². The van der Waals surface area contributed by atoms with E-state index in [1.807, 2.05) is 6.26 Å². The van der Waals surface area contributed by atoms with Crippen molar-refractivity contribution in [3.05, 3.63) is 29.3 Å². The van der Waals surface area contributed by atoms with Crippen LogP contribution in [-0.2, 0) is 9.53 Å². The summed E-state index contributed by atoms with van der Waals surface area (Å²) >= 11 is 1.68. The van der Waals surface area contributed by atoms with Crippen LogP contribution in [0.3, 0.4) is 0 Å². The van der Waals surface area contributed by atoms with Gasteiger partial charge < -0.3 is 10.1 Å². The van der Waals surface area contributed by atoms with E-state index in [0.717, 1.165) is 12.1 Å². The van der Waals surface area contributed by atoms with Crippen molar-refractivity contribution >= 4 is 17.7 Å². The van der Waals surface area contributed by atoms with Crippen LogP contribution >= 0.6 is 11.8 Å². The van der Waals surface area contributed by atoms with E-state index < -0.39 is 0 Å². The average molecular weight is 251 g/mol. The van der Waals surface area contributed by atoms with Gasteiger partial charge in [-0.25, -0.2) is 4.79 Å². The molecule has 0 saturated heterocycles. The molecule has 4 heteroatoms. The molecule has 0 amide bonds. The normalized spacial score (nSPS) is 23.0. The Labute approximate surface area is 106 Å². The molecule has 1 aliphatic heterocycles. The molecule has 1 N–H and O–H groups in total. The van der Waals surface area contributed by atoms with Crippen LogP contribution in [0.4, 0.5) is 0 Å². The smallest absolute Gasteiger partial charge is 0.327 e. The SMILES string of the molecule is COC(=O)C1NCC(C)c2ccc(SC)cc21. The number of methoxy groups -OCH3 is 1. The second-order valence-corrected chi connectivity index (χ2v) is 5.14. The van der Waals surface area contributed by atoms with Crippen molar-refractivity contribution in [2.24, 2.45) is 0 Å². The van der Waals surface area contributed by atoms with Crippen LogP contribution in [0.25, 0.3) is 0 Å². The fourth-order valence-corrected chi connectivity index (χ4v) is 2.67. The van der Waals surface area contributed by atoms with E-state index in [2.05, 4.69) is 30.4 Å². The fraction of sp³-hybridized carbons (Fsp3) is 0.462. The Bertz CT molecular complexity index is 433. The number of fused-ring (bicyclic) bond motifs is 1. The largest absolute Gasteiger partial charge is 0.468 e. The van der Waals surface area contributed by atoms with Crippen LogP contribution in [0.5, 0.6) is 0 Å². The molecule has 2 rings (SSSR count). The zero-order chi connectivity index (χ0) is 12.4. The van der Waals surface area contributed by atoms with Gasteiger partial charge in [0, 0.05) is 11.4 Å². The lowest BCUT2D eigenvalue weighted by Crippen LogP contribution is -2.37. The Morgan fingerprint density at radius 3 is 2.88 bits per heavy atom. The molecule has 2 atom stereocenters. The number of hydrogen-bond donors (Lipinski definition) is 1. The summed E-state index contributed by atoms with van der Waals surface area (Å²) in [6.45, 7) is 2.98. The van der Waals surface area contributed by atoms with Crippen LogP contribution in [0.1, 0.15) is 30.0 Å². The van der Waals surface area contributed by atoms with Gasteiger partial charge in [-0.1, -0.05) is 13.0 Å². The number of ether oxygens (including phenoxy) is 1. The predicted octanol–water partition coefficient (Wildman–Crippen LogP) is 2.33. The van der Waals surface area contributed by atoms with Gasteiger partial charge in [-0.3, -0.25) is 0 Å². The lowest BCUT2D eigenvalue weighted by Gasteiger charge is -2.29. The maximum Gasteiger partial charge on any atom is 0.327 e. The molecule has 0 fully saturated rings. The van der Waals surface area contributed by atoms with Crippen LogP contribution < -0.4 is 5.32 Å². The van der Waals surface area contributed by atoms with Gasteiger partial charge in [0.2, 0.25) is 0 Å². The van der Waals surface area contributed by atoms with Gasteiger partial charge in [-0.05, 0) is 35.4 Å². The van der Waals surface area contributed by atoms with Gasteiger partial charge in [0.1, 0.15) is 6.04 Å². The molecule has 17 heavy (non-hydrogen) atoms. The lowest BCUT2D eigenvalue weighted by atomic mass is 9.88. The summed E-state index contributed by atoms with van der Waals surface area (Å²) in [6, 6.07) is 6.00. The first-order valence-electron chi connectivity index (χ1n) is 5.66. The van der Waals surface area contributed by atoms with Crippen molar-refractivity contribution in [2.45, 2.75) is 23.8 Å². The van der Waals surface area contributed by atoms with Crippen molar-refractivity contribution in [3.63, 3.8) is 0 Å². The molecule has 0 saturated carbocycles. The highest BCUT2D eigenvalue weighted by atomic mass is 32.2. The third-order valence-corrected chi connectivity index (χ3v) is 3.93. The van der Waals surface area contributed by atoms with Gasteiger partial charge in [0.05, 0.1) is 7.11 Å². The zero-order valence-electron chi connectivity index (χ0n) is 10.3. The van der Waals surface area contributed by atoms with Crippen LogP contribution in [-0.4, -0.2) is 25.9 Å². The molecule has 1 aromatic rings. The van der Waals surface area contributed by atoms with Crippen molar-refractivity contribution in [3.8, 4) is 0 Å². The molecule has 2 unspecified atom stereocenters. The van der Waals surface area contributed by atoms with Gasteiger partial charge in [-0.2, -0.15) is 0 Å². The number of rotatable bonds is 2. The molecule has 0 aromatic heterocycles. The molecular weight excluding hydrogens is 234 g/mol. The van der Waals surface area contributed by atoms with Crippen molar-refractivity contribution < 1.29 is 9.53 Å². The maximum absolute atomic E-state index is 11.7. The van der Waals surface area contributed by atoms with E-state index in [0.29, 0.717) is 5.92 Å². The second-order valence-electron chi connectivity index (χ2n) is 4.26. The molecule has 1 heterocycles. The molecule has 92 valence electrons. The van der Waals surface area contributed by atoms with Crippen LogP contribution in [0, 0.1) is 0 Å². The molecule has 1 aliphatic rings. The summed E-state index contributed by atoms with van der Waals surface area (Å²) in [6.07, 6.45) is 2.04. The van der Waals surface area contributed by atoms with Gasteiger partial charge in [0.15, 0.2) is 0 Å². The minimum atomic E-state index is -0.321. The molecule has 0 bridgehead atoms. The Balaban J connectivity index is 2.44. The quantitative estimate of drug-likeness (QED) is 0.647. The van der Waals surface area contributed by atoms with Crippen molar-refractivity contribution in [1.82, 2.24) is 5.32 Å². The molecule has 0 spiro atoms. The summed E-state index contributed by atoms with van der Waals surface area (Å²) in [7, 11) is 1.43. The lowest BCUT2D eigenvalue weighted by molar-refractivity contribution is -0.143. The predicted molar refractivity (Wildman–Crippen MR) is 69.4 cm³/mol. The highest BCUT2D eigenvalue weighted by molar-refractivity contribution is 7.98. The number of nitrogens with one attached hydrogen (secondary N) is 1. The highest BCUT2D eigenvalue weighted by Crippen LogP contribution is 2.33. The standard InChI is InChI=1S/C13H17NO2S/c1-8-7-14-12(13(15)16-2)11-6-9(17-3)4-5-10(8)11/h4-6,8,12,14H,7H2,1-3H3. The van der Waals surface area contributed by atoms with E-state index in [1.54, 1.807) is 11.8 Å². The zero-order valence-corrected chi connectivity index (χ0v) is 11.1. The molecule has 3 nitrogen and oxygen atoms in total. The third kappa shape index (κ3) is 2.33. The first-order valence-corrected chi connectivity index (χ1v) is 6.89. The summed E-state index contributed by atoms with van der Waals surface area (Å²) in [5.74, 6) is 0.221. The molecular formula is C13H17NO2S. The second kappa shape index (κ2) is 5.10. The Morgan fingerprint density at radius 1 is 1.47 bits per heavy atom. The minimum Gasteiger partial charge on any atom is -0.468 e. The van der Waals surface area contributed by atoms with E-state index in [4.69, 9.17) is 4.74 Å². The Hall–Kier alpha value is -1.00. The number of esters is 1. The first kappa shape index (κ1) is 12.5. The van der Waals surface area contributed by atoms with E-state index in [-0.39, 0.29) is 12.0 Å². The summed E-state index contributed by atoms with van der Waals surface area (Å²) in [4.78, 5) is 12.9. The minimum absolute atomic E-state index is 0.212. The highest BCUT2D eigenvalue weighted by Gasteiger charge is 2.30. The van der Waals surface area contributed by atoms with Gasteiger partial charge >= 0.3 is 5.97 Å². The van der Waals surface area contributed by atoms with Crippen LogP contribution in [0.15, 0.2) is 23.1 Å². The molecule has 1 aromatic carbocycles. The Kier molecular flexibility index (Phi) is 3.74. The number of thioether (sulfide) groups is 1. The maximum atomic E-state index is 11.7. The first-order chi connectivity index (χ1) is 8.17. The topological polar surface area (TPSA) is 38.3 Å². The van der Waals surface area contributed by atoms with Gasteiger partial charge in [-0.15, -0.1) is 11.8 Å². The fourth-order valence-electron chi connectivity index (χ4n) is 2.22. The number of carbonyl (C=O) groups is 1. The summed E-state index contributed by atoms with van der Waals surface area (Å²) in [5.41, 5.74) is 2.31. The van der Waals surface area contributed by atoms with E-state index in [1.165, 1.54) is 17.6 Å². The number of benzene rings is 1. The van der Waals surface area contributed by atoms with Crippen LogP contribution in [0.2, 0.25) is 0 Å². The van der Waals surface area contributed by atoms with Crippen molar-refractivity contribution in [1.29, 1.82) is 0 Å². The molecule has 0 aliphatic carbocycles. The summed E-state index contributed by atoms with van der Waals surface area (Å²) in [5, 5.41) is 3.24. The number of hydrogen-bond acceptors (Lipinski definition) is 4. The van der Waals surface area contributed by atoms with E-state index >= 15 is 0 Å². The Morgan fingerprint density at radius 2 is 2.24 bits per heavy atom. The van der Waals surface area contributed by atoms with E-state index in [9.17, 15) is 4.79 Å². The van der Waals surface area contributed by atoms with Crippen molar-refractivity contribution in [2.75, 3.05) is 19.9 Å². The number of carbonyl (C=O) groups excluding carboxylic acids is 1. The summed E-state index contributed by atoms with van der Waals surface area (Å²) < 4.78 is 4.85. The monoisotopic (exact) mass is 251 g/mol. The molecule has 0 radical (unpaired) electrons. The third-order valence-electron chi connectivity index (χ3n) is 3.20.